The molecule has 11 nitrogen and oxygen atoms in total. The number of carbonyl (C=O) groups is 1. The number of aromatic nitrogens is 4. The lowest BCUT2D eigenvalue weighted by atomic mass is 9.86. The Bertz CT molecular complexity index is 1560. The fraction of sp³-hybridized carbons (Fsp3) is 0.357. The Labute approximate surface area is 233 Å². The predicted octanol–water partition coefficient (Wildman–Crippen LogP) is 4.98. The fourth-order valence-corrected chi connectivity index (χ4v) is 6.68. The van der Waals surface area contributed by atoms with Crippen LogP contribution in [0.3, 0.4) is 0 Å². The summed E-state index contributed by atoms with van der Waals surface area (Å²) in [6.07, 6.45) is 1.80. The minimum atomic E-state index is -3.39. The van der Waals surface area contributed by atoms with Gasteiger partial charge >= 0.3 is 5.97 Å². The highest BCUT2D eigenvalue weighted by atomic mass is 32.3. The molecule has 2 aromatic heterocycles. The van der Waals surface area contributed by atoms with E-state index in [9.17, 15) is 19.0 Å². The number of ether oxygens (including phenoxy) is 2. The van der Waals surface area contributed by atoms with Crippen LogP contribution in [0.25, 0.3) is 11.0 Å². The van der Waals surface area contributed by atoms with Gasteiger partial charge in [-0.2, -0.15) is 4.31 Å². The lowest BCUT2D eigenvalue weighted by molar-refractivity contribution is -0.137. The van der Waals surface area contributed by atoms with E-state index >= 15 is 0 Å². The van der Waals surface area contributed by atoms with Gasteiger partial charge in [0.1, 0.15) is 27.8 Å². The summed E-state index contributed by atoms with van der Waals surface area (Å²) in [6.45, 7) is 4.44. The number of aliphatic carboxylic acids is 1. The van der Waals surface area contributed by atoms with Gasteiger partial charge in [-0.3, -0.25) is 13.9 Å². The highest BCUT2D eigenvalue weighted by Gasteiger charge is 2.35. The van der Waals surface area contributed by atoms with Gasteiger partial charge in [-0.25, -0.2) is 9.67 Å². The average Bonchev–Trinajstić information content (AvgIpc) is 3.27. The zero-order valence-electron chi connectivity index (χ0n) is 22.8. The molecule has 0 radical (unpaired) electrons. The summed E-state index contributed by atoms with van der Waals surface area (Å²) in [7, 11) is -0.0650. The molecule has 12 heteroatoms. The molecule has 0 bridgehead atoms. The molecule has 0 aliphatic carbocycles. The van der Waals surface area contributed by atoms with Crippen LogP contribution in [0.5, 0.6) is 11.6 Å². The number of hydrogen-bond donors (Lipinski definition) is 3. The van der Waals surface area contributed by atoms with Crippen molar-refractivity contribution in [3.63, 3.8) is 0 Å². The molecular weight excluding hydrogens is 534 g/mol. The predicted molar refractivity (Wildman–Crippen MR) is 151 cm³/mol. The van der Waals surface area contributed by atoms with Gasteiger partial charge < -0.3 is 14.6 Å². The van der Waals surface area contributed by atoms with E-state index in [0.29, 0.717) is 17.7 Å². The Kier molecular flexibility index (Phi) is 7.69. The number of nitrogens with zero attached hydrogens (tertiary/aromatic N) is 5. The van der Waals surface area contributed by atoms with E-state index in [0.717, 1.165) is 27.8 Å². The number of pyridine rings is 1. The summed E-state index contributed by atoms with van der Waals surface area (Å²) in [6, 6.07) is 12.8. The number of fused-ring (bicyclic) bond motifs is 2. The first-order valence-corrected chi connectivity index (χ1v) is 14.5. The van der Waals surface area contributed by atoms with Gasteiger partial charge in [0.05, 0.1) is 20.1 Å². The van der Waals surface area contributed by atoms with E-state index < -0.39 is 22.7 Å². The molecular formula is C28H33N5O6S. The Balaban J connectivity index is 1.55. The second kappa shape index (κ2) is 11.0. The minimum Gasteiger partial charge on any atom is -0.494 e. The van der Waals surface area contributed by atoms with Crippen LogP contribution in [0.15, 0.2) is 53.6 Å². The van der Waals surface area contributed by atoms with E-state index in [1.165, 1.54) is 0 Å². The molecule has 1 aliphatic heterocycles. The maximum Gasteiger partial charge on any atom is 0.304 e. The first-order chi connectivity index (χ1) is 19.1. The van der Waals surface area contributed by atoms with Crippen LogP contribution in [0.4, 0.5) is 0 Å². The smallest absolute Gasteiger partial charge is 0.304 e. The largest absolute Gasteiger partial charge is 0.494 e. The SMILES string of the molecule is CCC1CN(Cc2cc(C(CC(=O)O)c3cc(OC)c4c(c3)nnn4C)ccc2C)S(O)(O)c2cccnc2O1. The zero-order valence-corrected chi connectivity index (χ0v) is 23.6. The second-order valence-corrected chi connectivity index (χ2v) is 11.9. The van der Waals surface area contributed by atoms with E-state index in [1.54, 1.807) is 41.5 Å². The highest BCUT2D eigenvalue weighted by Crippen LogP contribution is 2.57. The molecule has 0 saturated heterocycles. The van der Waals surface area contributed by atoms with Crippen LogP contribution in [-0.2, 0) is 18.4 Å². The Morgan fingerprint density at radius 1 is 1.23 bits per heavy atom. The summed E-state index contributed by atoms with van der Waals surface area (Å²) >= 11 is 0. The Morgan fingerprint density at radius 3 is 2.75 bits per heavy atom. The van der Waals surface area contributed by atoms with E-state index in [-0.39, 0.29) is 36.4 Å². The van der Waals surface area contributed by atoms with Crippen LogP contribution in [-0.4, -0.2) is 64.2 Å². The number of hydrogen-bond acceptors (Lipinski definition) is 9. The van der Waals surface area contributed by atoms with Crippen molar-refractivity contribution in [2.45, 2.75) is 50.2 Å². The van der Waals surface area contributed by atoms with E-state index in [4.69, 9.17) is 9.47 Å². The molecule has 2 atom stereocenters. The summed E-state index contributed by atoms with van der Waals surface area (Å²) in [5.74, 6) is -0.659. The van der Waals surface area contributed by atoms with Crippen molar-refractivity contribution in [2.24, 2.45) is 7.05 Å². The lowest BCUT2D eigenvalue weighted by Gasteiger charge is -2.41. The molecule has 0 amide bonds. The van der Waals surface area contributed by atoms with E-state index in [2.05, 4.69) is 15.3 Å². The first-order valence-electron chi connectivity index (χ1n) is 13.0. The van der Waals surface area contributed by atoms with Gasteiger partial charge in [-0.15, -0.1) is 15.9 Å². The number of rotatable bonds is 8. The second-order valence-electron chi connectivity index (χ2n) is 9.94. The molecule has 0 fully saturated rings. The average molecular weight is 568 g/mol. The third-order valence-electron chi connectivity index (χ3n) is 7.34. The van der Waals surface area contributed by atoms with Crippen LogP contribution in [0.1, 0.15) is 47.9 Å². The van der Waals surface area contributed by atoms with Crippen LogP contribution < -0.4 is 9.47 Å². The van der Waals surface area contributed by atoms with Gasteiger partial charge in [0.25, 0.3) is 0 Å². The Hall–Kier alpha value is -3.71. The van der Waals surface area contributed by atoms with Crippen molar-refractivity contribution in [1.82, 2.24) is 24.3 Å². The van der Waals surface area contributed by atoms with Gasteiger partial charge in [-0.1, -0.05) is 30.3 Å². The molecule has 3 N–H and O–H groups in total. The number of carboxylic acid groups (broad SMARTS) is 1. The standard InChI is InChI=1S/C28H33N5O6S/c1-5-21-16-33(40(36,37)25-7-6-10-29-28(25)39-21)15-20-11-18(9-8-17(20)2)22(14-26(34)35)19-12-23-27(24(13-19)38-4)32(3)31-30-23/h6-13,21-22,36-37H,5,14-16H2,1-4H3,(H,34,35). The van der Waals surface area contributed by atoms with Gasteiger partial charge in [-0.05, 0) is 59.9 Å². The minimum absolute atomic E-state index is 0.152. The maximum absolute atomic E-state index is 12.0. The molecule has 4 aromatic rings. The summed E-state index contributed by atoms with van der Waals surface area (Å²) in [5.41, 5.74) is 4.64. The van der Waals surface area contributed by atoms with Crippen LogP contribution in [0.2, 0.25) is 0 Å². The number of aryl methyl sites for hydroxylation is 2. The normalized spacial score (nSPS) is 18.4. The molecule has 1 aliphatic rings. The van der Waals surface area contributed by atoms with Crippen molar-refractivity contribution >= 4 is 27.8 Å². The van der Waals surface area contributed by atoms with Gasteiger partial charge in [0.2, 0.25) is 5.88 Å². The number of benzene rings is 2. The lowest BCUT2D eigenvalue weighted by Crippen LogP contribution is -2.34. The van der Waals surface area contributed by atoms with E-state index in [1.807, 2.05) is 44.2 Å². The Morgan fingerprint density at radius 2 is 2.02 bits per heavy atom. The number of methoxy groups -OCH3 is 1. The van der Waals surface area contributed by atoms with Crippen LogP contribution >= 0.6 is 10.8 Å². The molecule has 212 valence electrons. The maximum atomic E-state index is 12.0. The summed E-state index contributed by atoms with van der Waals surface area (Å²) < 4.78 is 37.7. The number of carboxylic acids is 1. The molecule has 0 saturated carbocycles. The molecule has 5 rings (SSSR count). The molecule has 40 heavy (non-hydrogen) atoms. The van der Waals surface area contributed by atoms with Gasteiger partial charge in [0.15, 0.2) is 0 Å². The monoisotopic (exact) mass is 567 g/mol. The van der Waals surface area contributed by atoms with Gasteiger partial charge in [0, 0.05) is 25.7 Å². The molecule has 2 unspecified atom stereocenters. The van der Waals surface area contributed by atoms with Crippen molar-refractivity contribution in [1.29, 1.82) is 0 Å². The van der Waals surface area contributed by atoms with Crippen molar-refractivity contribution < 1.29 is 28.5 Å². The third-order valence-corrected chi connectivity index (χ3v) is 9.24. The summed E-state index contributed by atoms with van der Waals surface area (Å²) in [4.78, 5) is 16.5. The van der Waals surface area contributed by atoms with Crippen LogP contribution in [0, 0.1) is 6.92 Å². The first kappa shape index (κ1) is 27.8. The van der Waals surface area contributed by atoms with Crippen molar-refractivity contribution in [3.8, 4) is 11.6 Å². The fourth-order valence-electron chi connectivity index (χ4n) is 5.11. The topological polar surface area (TPSA) is 143 Å². The quantitative estimate of drug-likeness (QED) is 0.267. The van der Waals surface area contributed by atoms with Crippen molar-refractivity contribution in [2.75, 3.05) is 13.7 Å². The summed E-state index contributed by atoms with van der Waals surface area (Å²) in [5, 5.41) is 18.1. The third kappa shape index (κ3) is 5.22. The molecule has 2 aromatic carbocycles. The van der Waals surface area contributed by atoms with Crippen molar-refractivity contribution in [3.05, 3.63) is 70.9 Å². The zero-order chi connectivity index (χ0) is 28.6. The molecule has 0 spiro atoms. The molecule has 3 heterocycles. The highest BCUT2D eigenvalue weighted by molar-refractivity contribution is 8.22.